The molecule has 0 aliphatic heterocycles. The SMILES string of the molecule is CC(C)C1CCC(Nc2ccc(C(C)(C)C)cc2)CC1. The van der Waals surface area contributed by atoms with Gasteiger partial charge in [0.1, 0.15) is 0 Å². The average Bonchev–Trinajstić information content (AvgIpc) is 2.39. The van der Waals surface area contributed by atoms with Crippen LogP contribution in [0, 0.1) is 11.8 Å². The van der Waals surface area contributed by atoms with Gasteiger partial charge in [0.2, 0.25) is 0 Å². The Balaban J connectivity index is 1.89. The summed E-state index contributed by atoms with van der Waals surface area (Å²) in [5.41, 5.74) is 2.94. The Labute approximate surface area is 125 Å². The highest BCUT2D eigenvalue weighted by Gasteiger charge is 2.23. The van der Waals surface area contributed by atoms with Crippen molar-refractivity contribution in [3.63, 3.8) is 0 Å². The van der Waals surface area contributed by atoms with Crippen LogP contribution in [0.15, 0.2) is 24.3 Å². The molecule has 0 bridgehead atoms. The van der Waals surface area contributed by atoms with E-state index in [2.05, 4.69) is 64.2 Å². The van der Waals surface area contributed by atoms with Crippen molar-refractivity contribution in [1.29, 1.82) is 0 Å². The lowest BCUT2D eigenvalue weighted by Crippen LogP contribution is -2.27. The predicted molar refractivity (Wildman–Crippen MR) is 89.3 cm³/mol. The van der Waals surface area contributed by atoms with E-state index < -0.39 is 0 Å². The quantitative estimate of drug-likeness (QED) is 0.754. The Bertz CT molecular complexity index is 402. The maximum absolute atomic E-state index is 3.72. The predicted octanol–water partition coefficient (Wildman–Crippen LogP) is 5.61. The number of nitrogens with one attached hydrogen (secondary N) is 1. The van der Waals surface area contributed by atoms with E-state index in [1.54, 1.807) is 0 Å². The van der Waals surface area contributed by atoms with E-state index >= 15 is 0 Å². The third-order valence-electron chi connectivity index (χ3n) is 4.84. The van der Waals surface area contributed by atoms with E-state index in [1.807, 2.05) is 0 Å². The minimum Gasteiger partial charge on any atom is -0.382 e. The van der Waals surface area contributed by atoms with Gasteiger partial charge in [-0.05, 0) is 60.6 Å². The van der Waals surface area contributed by atoms with E-state index in [0.29, 0.717) is 6.04 Å². The molecule has 20 heavy (non-hydrogen) atoms. The topological polar surface area (TPSA) is 12.0 Å². The molecule has 0 saturated heterocycles. The zero-order valence-electron chi connectivity index (χ0n) is 13.9. The van der Waals surface area contributed by atoms with Crippen LogP contribution in [0.5, 0.6) is 0 Å². The first-order valence-electron chi connectivity index (χ1n) is 8.23. The summed E-state index contributed by atoms with van der Waals surface area (Å²) in [6.07, 6.45) is 5.42. The third-order valence-corrected chi connectivity index (χ3v) is 4.84. The second kappa shape index (κ2) is 6.20. The molecular weight excluding hydrogens is 242 g/mol. The van der Waals surface area contributed by atoms with E-state index in [0.717, 1.165) is 11.8 Å². The van der Waals surface area contributed by atoms with Crippen LogP contribution in [0.2, 0.25) is 0 Å². The number of anilines is 1. The second-order valence-corrected chi connectivity index (χ2v) is 7.83. The number of benzene rings is 1. The van der Waals surface area contributed by atoms with Gasteiger partial charge < -0.3 is 5.32 Å². The first kappa shape index (κ1) is 15.4. The average molecular weight is 273 g/mol. The normalized spacial score (nSPS) is 23.9. The van der Waals surface area contributed by atoms with Gasteiger partial charge in [0.25, 0.3) is 0 Å². The van der Waals surface area contributed by atoms with Crippen LogP contribution in [-0.2, 0) is 5.41 Å². The van der Waals surface area contributed by atoms with Gasteiger partial charge >= 0.3 is 0 Å². The standard InChI is InChI=1S/C19H31N/c1-14(2)15-6-10-17(11-7-15)20-18-12-8-16(9-13-18)19(3,4)5/h8-9,12-15,17,20H,6-7,10-11H2,1-5H3. The van der Waals surface area contributed by atoms with Crippen molar-refractivity contribution < 1.29 is 0 Å². The highest BCUT2D eigenvalue weighted by atomic mass is 14.9. The molecule has 112 valence electrons. The summed E-state index contributed by atoms with van der Waals surface area (Å²) in [6.45, 7) is 11.5. The molecule has 1 aliphatic carbocycles. The first-order chi connectivity index (χ1) is 9.36. The van der Waals surface area contributed by atoms with E-state index in [9.17, 15) is 0 Å². The van der Waals surface area contributed by atoms with Crippen LogP contribution in [0.25, 0.3) is 0 Å². The fourth-order valence-electron chi connectivity index (χ4n) is 3.23. The largest absolute Gasteiger partial charge is 0.382 e. The summed E-state index contributed by atoms with van der Waals surface area (Å²) in [6, 6.07) is 9.69. The molecule has 1 aromatic rings. The molecule has 0 atom stereocenters. The summed E-state index contributed by atoms with van der Waals surface area (Å²) in [7, 11) is 0. The summed E-state index contributed by atoms with van der Waals surface area (Å²) in [5, 5.41) is 3.72. The molecule has 0 unspecified atom stereocenters. The van der Waals surface area contributed by atoms with Crippen molar-refractivity contribution in [3.8, 4) is 0 Å². The van der Waals surface area contributed by atoms with Crippen LogP contribution in [-0.4, -0.2) is 6.04 Å². The first-order valence-corrected chi connectivity index (χ1v) is 8.23. The maximum Gasteiger partial charge on any atom is 0.0342 e. The summed E-state index contributed by atoms with van der Waals surface area (Å²) in [5.74, 6) is 1.79. The minimum atomic E-state index is 0.244. The molecule has 0 aromatic heterocycles. The zero-order valence-corrected chi connectivity index (χ0v) is 13.9. The molecule has 1 aliphatic rings. The molecule has 0 heterocycles. The third kappa shape index (κ3) is 4.01. The summed E-state index contributed by atoms with van der Waals surface area (Å²) >= 11 is 0. The lowest BCUT2D eigenvalue weighted by Gasteiger charge is -2.32. The maximum atomic E-state index is 3.72. The molecule has 0 radical (unpaired) electrons. The molecule has 2 rings (SSSR count). The van der Waals surface area contributed by atoms with Gasteiger partial charge in [-0.3, -0.25) is 0 Å². The van der Waals surface area contributed by atoms with Gasteiger partial charge in [0.05, 0.1) is 0 Å². The molecule has 1 heteroatoms. The van der Waals surface area contributed by atoms with Gasteiger partial charge in [0, 0.05) is 11.7 Å². The van der Waals surface area contributed by atoms with Crippen molar-refractivity contribution in [2.24, 2.45) is 11.8 Å². The Kier molecular flexibility index (Phi) is 4.78. The highest BCUT2D eigenvalue weighted by Crippen LogP contribution is 2.31. The number of hydrogen-bond acceptors (Lipinski definition) is 1. The molecule has 1 saturated carbocycles. The van der Waals surface area contributed by atoms with Gasteiger partial charge in [0.15, 0.2) is 0 Å². The van der Waals surface area contributed by atoms with Crippen LogP contribution < -0.4 is 5.32 Å². The van der Waals surface area contributed by atoms with Gasteiger partial charge in [-0.15, -0.1) is 0 Å². The molecule has 0 spiro atoms. The van der Waals surface area contributed by atoms with Crippen LogP contribution in [0.3, 0.4) is 0 Å². The van der Waals surface area contributed by atoms with Crippen LogP contribution in [0.4, 0.5) is 5.69 Å². The van der Waals surface area contributed by atoms with Crippen molar-refractivity contribution in [2.45, 2.75) is 71.8 Å². The second-order valence-electron chi connectivity index (χ2n) is 7.83. The van der Waals surface area contributed by atoms with E-state index in [1.165, 1.54) is 36.9 Å². The Hall–Kier alpha value is -0.980. The Morgan fingerprint density at radius 1 is 0.950 bits per heavy atom. The van der Waals surface area contributed by atoms with E-state index in [4.69, 9.17) is 0 Å². The van der Waals surface area contributed by atoms with Crippen LogP contribution >= 0.6 is 0 Å². The van der Waals surface area contributed by atoms with Crippen molar-refractivity contribution in [2.75, 3.05) is 5.32 Å². The number of rotatable bonds is 3. The van der Waals surface area contributed by atoms with Crippen molar-refractivity contribution in [1.82, 2.24) is 0 Å². The lowest BCUT2D eigenvalue weighted by molar-refractivity contribution is 0.267. The monoisotopic (exact) mass is 273 g/mol. The highest BCUT2D eigenvalue weighted by molar-refractivity contribution is 5.46. The molecule has 1 N–H and O–H groups in total. The summed E-state index contributed by atoms with van der Waals surface area (Å²) in [4.78, 5) is 0. The smallest absolute Gasteiger partial charge is 0.0342 e. The molecule has 1 nitrogen and oxygen atoms in total. The fraction of sp³-hybridized carbons (Fsp3) is 0.684. The number of hydrogen-bond donors (Lipinski definition) is 1. The minimum absolute atomic E-state index is 0.244. The van der Waals surface area contributed by atoms with Gasteiger partial charge in [-0.1, -0.05) is 46.8 Å². The van der Waals surface area contributed by atoms with Crippen molar-refractivity contribution in [3.05, 3.63) is 29.8 Å². The van der Waals surface area contributed by atoms with Crippen LogP contribution in [0.1, 0.15) is 65.9 Å². The Morgan fingerprint density at radius 2 is 1.50 bits per heavy atom. The van der Waals surface area contributed by atoms with Gasteiger partial charge in [-0.25, -0.2) is 0 Å². The van der Waals surface area contributed by atoms with E-state index in [-0.39, 0.29) is 5.41 Å². The molecule has 0 amide bonds. The molecular formula is C19H31N. The lowest BCUT2D eigenvalue weighted by atomic mass is 9.79. The van der Waals surface area contributed by atoms with Crippen molar-refractivity contribution >= 4 is 5.69 Å². The fourth-order valence-corrected chi connectivity index (χ4v) is 3.23. The summed E-state index contributed by atoms with van der Waals surface area (Å²) < 4.78 is 0. The molecule has 1 aromatic carbocycles. The molecule has 1 fully saturated rings. The Morgan fingerprint density at radius 3 is 1.95 bits per heavy atom. The van der Waals surface area contributed by atoms with Gasteiger partial charge in [-0.2, -0.15) is 0 Å². The zero-order chi connectivity index (χ0) is 14.8.